The van der Waals surface area contributed by atoms with Crippen LogP contribution in [0.15, 0.2) is 30.3 Å². The maximum atomic E-state index is 11.0. The number of carbonyl (C=O) groups is 1. The molecule has 220 valence electrons. The zero-order valence-electron chi connectivity index (χ0n) is 24.7. The molecule has 0 saturated heterocycles. The third kappa shape index (κ3) is 5.73. The second kappa shape index (κ2) is 12.7. The van der Waals surface area contributed by atoms with Crippen LogP contribution in [0.5, 0.6) is 0 Å². The lowest BCUT2D eigenvalue weighted by molar-refractivity contribution is -0.121. The molecule has 2 heterocycles. The van der Waals surface area contributed by atoms with Crippen LogP contribution in [-0.4, -0.2) is 45.0 Å². The van der Waals surface area contributed by atoms with Gasteiger partial charge in [0.15, 0.2) is 11.5 Å². The van der Waals surface area contributed by atoms with Crippen molar-refractivity contribution >= 4 is 29.4 Å². The topological polar surface area (TPSA) is 132 Å². The summed E-state index contributed by atoms with van der Waals surface area (Å²) in [6, 6.07) is 11.0. The molecular weight excluding hydrogens is 514 g/mol. The number of fused-ring (bicyclic) bond motifs is 1. The van der Waals surface area contributed by atoms with Gasteiger partial charge in [-0.25, -0.2) is 15.0 Å². The number of rotatable bonds is 9. The SMILES string of the molecule is CC1CCC(Cn2c(C3(c4ccccc4)CCC3)nc3nc(C(=N)OC=O)nc(N[C@H](C)C4CCC4)c32)CC1.CN. The number of hydrogen-bond donors (Lipinski definition) is 3. The van der Waals surface area contributed by atoms with Gasteiger partial charge in [-0.1, -0.05) is 62.9 Å². The molecule has 0 spiro atoms. The summed E-state index contributed by atoms with van der Waals surface area (Å²) in [6.07, 6.45) is 11.9. The largest absolute Gasteiger partial charge is 0.406 e. The molecule has 0 unspecified atom stereocenters. The predicted octanol–water partition coefficient (Wildman–Crippen LogP) is 5.80. The number of benzene rings is 1. The Bertz CT molecular complexity index is 1340. The van der Waals surface area contributed by atoms with Crippen LogP contribution in [0.2, 0.25) is 0 Å². The normalized spacial score (nSPS) is 22.4. The summed E-state index contributed by atoms with van der Waals surface area (Å²) in [5, 5.41) is 12.0. The van der Waals surface area contributed by atoms with Crippen LogP contribution in [0.25, 0.3) is 11.2 Å². The summed E-state index contributed by atoms with van der Waals surface area (Å²) in [5.41, 5.74) is 7.13. The molecule has 3 aliphatic carbocycles. The van der Waals surface area contributed by atoms with E-state index in [9.17, 15) is 4.79 Å². The van der Waals surface area contributed by atoms with Crippen LogP contribution in [-0.2, 0) is 21.5 Å². The molecule has 9 heteroatoms. The number of hydrogen-bond acceptors (Lipinski definition) is 8. The van der Waals surface area contributed by atoms with Crippen LogP contribution in [0.1, 0.15) is 95.3 Å². The molecular formula is C32H45N7O2. The standard InChI is InChI=1S/C31H40N6O2.CH5N/c1-20-12-14-22(15-13-20)18-37-25-27(33-21(2)23-8-6-9-23)34-29(26(32)39-19-38)35-28(25)36-30(37)31(16-7-17-31)24-10-4-3-5-11-24;1-2/h3-5,10-11,19-23,32H,6-9,12-18H2,1-2H3,(H,33,34,35);2H2,1H3/t20?,21-,22?;/m1./s1. The zero-order chi connectivity index (χ0) is 29.0. The van der Waals surface area contributed by atoms with Crippen molar-refractivity contribution < 1.29 is 9.53 Å². The summed E-state index contributed by atoms with van der Waals surface area (Å²) < 4.78 is 7.29. The number of anilines is 1. The highest BCUT2D eigenvalue weighted by Gasteiger charge is 2.45. The predicted molar refractivity (Wildman–Crippen MR) is 162 cm³/mol. The molecule has 0 bridgehead atoms. The van der Waals surface area contributed by atoms with Crippen molar-refractivity contribution in [3.63, 3.8) is 0 Å². The van der Waals surface area contributed by atoms with Gasteiger partial charge in [-0.3, -0.25) is 10.2 Å². The summed E-state index contributed by atoms with van der Waals surface area (Å²) >= 11 is 0. The van der Waals surface area contributed by atoms with E-state index >= 15 is 0 Å². The van der Waals surface area contributed by atoms with Crippen molar-refractivity contribution in [1.29, 1.82) is 5.41 Å². The first-order valence-electron chi connectivity index (χ1n) is 15.4. The van der Waals surface area contributed by atoms with Crippen molar-refractivity contribution in [1.82, 2.24) is 19.5 Å². The number of carbonyl (C=O) groups excluding carboxylic acids is 1. The van der Waals surface area contributed by atoms with Crippen LogP contribution >= 0.6 is 0 Å². The molecule has 2 aromatic heterocycles. The van der Waals surface area contributed by atoms with Crippen LogP contribution < -0.4 is 11.1 Å². The second-order valence-corrected chi connectivity index (χ2v) is 12.2. The van der Waals surface area contributed by atoms with E-state index in [0.717, 1.165) is 43.1 Å². The lowest BCUT2D eigenvalue weighted by Crippen LogP contribution is -2.39. The van der Waals surface area contributed by atoms with Crippen molar-refractivity contribution in [2.45, 2.75) is 96.1 Å². The molecule has 3 saturated carbocycles. The highest BCUT2D eigenvalue weighted by molar-refractivity contribution is 5.95. The number of nitrogens with zero attached hydrogens (tertiary/aromatic N) is 4. The van der Waals surface area contributed by atoms with Crippen LogP contribution in [0.4, 0.5) is 5.82 Å². The average Bonchev–Trinajstić information content (AvgIpc) is 3.28. The third-order valence-corrected chi connectivity index (χ3v) is 9.73. The lowest BCUT2D eigenvalue weighted by Gasteiger charge is -2.42. The van der Waals surface area contributed by atoms with Gasteiger partial charge in [0.1, 0.15) is 11.3 Å². The van der Waals surface area contributed by atoms with E-state index < -0.39 is 0 Å². The summed E-state index contributed by atoms with van der Waals surface area (Å²) in [4.78, 5) is 25.8. The quantitative estimate of drug-likeness (QED) is 0.172. The second-order valence-electron chi connectivity index (χ2n) is 12.2. The number of nitrogens with one attached hydrogen (secondary N) is 2. The van der Waals surface area contributed by atoms with Gasteiger partial charge in [0.05, 0.1) is 5.41 Å². The molecule has 41 heavy (non-hydrogen) atoms. The monoisotopic (exact) mass is 559 g/mol. The maximum Gasteiger partial charge on any atom is 0.299 e. The average molecular weight is 560 g/mol. The number of ether oxygens (including phenoxy) is 1. The fourth-order valence-corrected chi connectivity index (χ4v) is 6.85. The van der Waals surface area contributed by atoms with Crippen molar-refractivity contribution in [3.05, 3.63) is 47.5 Å². The molecule has 1 aromatic carbocycles. The third-order valence-electron chi connectivity index (χ3n) is 9.73. The Labute approximate surface area is 243 Å². The van der Waals surface area contributed by atoms with Gasteiger partial charge in [-0.05, 0) is 75.8 Å². The first kappa shape index (κ1) is 29.2. The molecule has 3 aliphatic rings. The van der Waals surface area contributed by atoms with Gasteiger partial charge in [-0.2, -0.15) is 0 Å². The van der Waals surface area contributed by atoms with Crippen molar-refractivity contribution in [2.24, 2.45) is 23.5 Å². The minimum absolute atomic E-state index is 0.0861. The van der Waals surface area contributed by atoms with Crippen LogP contribution in [0, 0.1) is 23.2 Å². The molecule has 0 amide bonds. The molecule has 0 radical (unpaired) electrons. The number of aromatic nitrogens is 4. The van der Waals surface area contributed by atoms with Crippen molar-refractivity contribution in [3.8, 4) is 0 Å². The molecule has 3 fully saturated rings. The van der Waals surface area contributed by atoms with Crippen LogP contribution in [0.3, 0.4) is 0 Å². The van der Waals surface area contributed by atoms with E-state index in [-0.39, 0.29) is 29.7 Å². The van der Waals surface area contributed by atoms with Gasteiger partial charge in [0, 0.05) is 12.6 Å². The molecule has 3 aromatic rings. The minimum Gasteiger partial charge on any atom is -0.406 e. The highest BCUT2D eigenvalue weighted by Crippen LogP contribution is 2.50. The van der Waals surface area contributed by atoms with E-state index in [1.54, 1.807) is 0 Å². The first-order chi connectivity index (χ1) is 20.0. The number of imidazole rings is 1. The summed E-state index contributed by atoms with van der Waals surface area (Å²) in [7, 11) is 1.50. The zero-order valence-corrected chi connectivity index (χ0v) is 24.7. The van der Waals surface area contributed by atoms with E-state index in [1.165, 1.54) is 57.6 Å². The Morgan fingerprint density at radius 2 is 1.80 bits per heavy atom. The van der Waals surface area contributed by atoms with Gasteiger partial charge in [-0.15, -0.1) is 0 Å². The highest BCUT2D eigenvalue weighted by atomic mass is 16.5. The molecule has 9 nitrogen and oxygen atoms in total. The van der Waals surface area contributed by atoms with Crippen molar-refractivity contribution in [2.75, 3.05) is 12.4 Å². The van der Waals surface area contributed by atoms with Gasteiger partial charge >= 0.3 is 0 Å². The van der Waals surface area contributed by atoms with Gasteiger partial charge < -0.3 is 20.4 Å². The Morgan fingerprint density at radius 3 is 2.39 bits per heavy atom. The van der Waals surface area contributed by atoms with E-state index in [1.807, 2.05) is 0 Å². The van der Waals surface area contributed by atoms with Gasteiger partial charge in [0.2, 0.25) is 5.82 Å². The smallest absolute Gasteiger partial charge is 0.299 e. The minimum atomic E-state index is -0.356. The Balaban J connectivity index is 0.00000165. The van der Waals surface area contributed by atoms with E-state index in [4.69, 9.17) is 25.1 Å². The fraction of sp³-hybridized carbons (Fsp3) is 0.594. The fourth-order valence-electron chi connectivity index (χ4n) is 6.85. The lowest BCUT2D eigenvalue weighted by atomic mass is 9.63. The number of nitrogens with two attached hydrogens (primary N) is 1. The molecule has 0 aliphatic heterocycles. The summed E-state index contributed by atoms with van der Waals surface area (Å²) in [6.45, 7) is 5.73. The maximum absolute atomic E-state index is 11.0. The Morgan fingerprint density at radius 1 is 1.10 bits per heavy atom. The first-order valence-corrected chi connectivity index (χ1v) is 15.4. The van der Waals surface area contributed by atoms with E-state index in [0.29, 0.717) is 23.3 Å². The Hall–Kier alpha value is -3.33. The molecule has 1 atom stereocenters. The molecule has 4 N–H and O–H groups in total. The summed E-state index contributed by atoms with van der Waals surface area (Å²) in [5.74, 6) is 3.45. The molecule has 6 rings (SSSR count). The van der Waals surface area contributed by atoms with Gasteiger partial charge in [0.25, 0.3) is 12.4 Å². The van der Waals surface area contributed by atoms with E-state index in [2.05, 4.69) is 59.8 Å². The Kier molecular flexibility index (Phi) is 9.02.